The van der Waals surface area contributed by atoms with Gasteiger partial charge in [0.25, 0.3) is 0 Å². The van der Waals surface area contributed by atoms with E-state index in [9.17, 15) is 0 Å². The molecule has 168 valence electrons. The van der Waals surface area contributed by atoms with Crippen LogP contribution >= 0.6 is 0 Å². The van der Waals surface area contributed by atoms with Gasteiger partial charge < -0.3 is 4.74 Å². The normalized spacial score (nSPS) is 22.7. The first-order valence-electron chi connectivity index (χ1n) is 12.1. The van der Waals surface area contributed by atoms with Crippen LogP contribution in [0.1, 0.15) is 94.0 Å². The minimum atomic E-state index is 0.300. The van der Waals surface area contributed by atoms with Gasteiger partial charge in [-0.1, -0.05) is 65.0 Å². The molecular weight excluding hydrogens is 380 g/mol. The zero-order valence-electron chi connectivity index (χ0n) is 20.3. The van der Waals surface area contributed by atoms with Crippen molar-refractivity contribution in [2.24, 2.45) is 11.3 Å². The van der Waals surface area contributed by atoms with Crippen LogP contribution in [0.4, 0.5) is 0 Å². The Morgan fingerprint density at radius 2 is 1.77 bits per heavy atom. The molecule has 2 atom stereocenters. The van der Waals surface area contributed by atoms with Gasteiger partial charge in [0.15, 0.2) is 0 Å². The summed E-state index contributed by atoms with van der Waals surface area (Å²) in [5, 5.41) is 0. The van der Waals surface area contributed by atoms with Crippen LogP contribution in [0.2, 0.25) is 0 Å². The van der Waals surface area contributed by atoms with Crippen molar-refractivity contribution in [3.63, 3.8) is 0 Å². The zero-order valence-corrected chi connectivity index (χ0v) is 20.3. The Hall–Kier alpha value is -1.87. The quantitative estimate of drug-likeness (QED) is 0.517. The van der Waals surface area contributed by atoms with E-state index in [0.717, 1.165) is 31.2 Å². The molecule has 0 amide bonds. The topological polar surface area (TPSA) is 25.4 Å². The molecule has 3 nitrogen and oxygen atoms in total. The second kappa shape index (κ2) is 8.94. The second-order valence-electron chi connectivity index (χ2n) is 11.1. The molecule has 0 N–H and O–H groups in total. The highest BCUT2D eigenvalue weighted by atomic mass is 16.5. The summed E-state index contributed by atoms with van der Waals surface area (Å²) in [6.45, 7) is 15.0. The number of aromatic nitrogens is 1. The zero-order chi connectivity index (χ0) is 22.2. The predicted molar refractivity (Wildman–Crippen MR) is 129 cm³/mol. The lowest BCUT2D eigenvalue weighted by molar-refractivity contribution is 0.0819. The lowest BCUT2D eigenvalue weighted by Crippen LogP contribution is -2.43. The Labute approximate surface area is 189 Å². The predicted octanol–water partition coefficient (Wildman–Crippen LogP) is 6.74. The van der Waals surface area contributed by atoms with Crippen LogP contribution < -0.4 is 4.74 Å². The fourth-order valence-corrected chi connectivity index (χ4v) is 5.56. The summed E-state index contributed by atoms with van der Waals surface area (Å²) in [7, 11) is 1.76. The highest BCUT2D eigenvalue weighted by Crippen LogP contribution is 2.46. The fourth-order valence-electron chi connectivity index (χ4n) is 5.56. The van der Waals surface area contributed by atoms with Crippen molar-refractivity contribution >= 4 is 0 Å². The van der Waals surface area contributed by atoms with E-state index in [0.29, 0.717) is 29.1 Å². The number of hydrogen-bond donors (Lipinski definition) is 0. The van der Waals surface area contributed by atoms with Gasteiger partial charge in [-0.15, -0.1) is 0 Å². The summed E-state index contributed by atoms with van der Waals surface area (Å²) in [6, 6.07) is 13.6. The maximum atomic E-state index is 5.64. The van der Waals surface area contributed by atoms with Crippen LogP contribution in [0.3, 0.4) is 0 Å². The van der Waals surface area contributed by atoms with E-state index in [2.05, 4.69) is 75.9 Å². The standard InChI is InChI=1S/C28H40N2O/c1-19(2)22-9-7-8-10-24(22)25-18-30(16-15-26(25)28(3,4)5)17-21-13-14-23(20-11-12-20)27(29-21)31-6/h7-10,13-14,19-20,25-26H,11-12,15-18H2,1-6H3. The largest absolute Gasteiger partial charge is 0.481 e. The lowest BCUT2D eigenvalue weighted by Gasteiger charge is -2.45. The number of hydrogen-bond acceptors (Lipinski definition) is 3. The molecule has 1 saturated carbocycles. The summed E-state index contributed by atoms with van der Waals surface area (Å²) < 4.78 is 5.64. The maximum Gasteiger partial charge on any atom is 0.216 e. The Morgan fingerprint density at radius 3 is 2.42 bits per heavy atom. The Bertz CT molecular complexity index is 894. The van der Waals surface area contributed by atoms with Gasteiger partial charge in [0, 0.05) is 24.6 Å². The van der Waals surface area contributed by atoms with Gasteiger partial charge in [0.2, 0.25) is 5.88 Å². The van der Waals surface area contributed by atoms with Gasteiger partial charge in [-0.25, -0.2) is 4.98 Å². The third-order valence-electron chi connectivity index (χ3n) is 7.37. The van der Waals surface area contributed by atoms with Crippen molar-refractivity contribution < 1.29 is 4.74 Å². The van der Waals surface area contributed by atoms with Crippen molar-refractivity contribution in [3.05, 3.63) is 58.8 Å². The van der Waals surface area contributed by atoms with Crippen molar-refractivity contribution in [1.82, 2.24) is 9.88 Å². The summed E-state index contributed by atoms with van der Waals surface area (Å²) in [6.07, 6.45) is 3.78. The first kappa shape index (κ1) is 22.3. The third kappa shape index (κ3) is 4.98. The average Bonchev–Trinajstić information content (AvgIpc) is 3.58. The van der Waals surface area contributed by atoms with Crippen molar-refractivity contribution in [2.45, 2.75) is 78.2 Å². The van der Waals surface area contributed by atoms with Crippen LogP contribution in [0.5, 0.6) is 5.88 Å². The molecule has 1 aromatic heterocycles. The SMILES string of the molecule is COc1nc(CN2CCC(C(C)(C)C)C(c3ccccc3C(C)C)C2)ccc1C1CC1. The van der Waals surface area contributed by atoms with Crippen molar-refractivity contribution in [2.75, 3.05) is 20.2 Å². The molecule has 2 heterocycles. The van der Waals surface area contributed by atoms with Gasteiger partial charge in [-0.05, 0) is 66.2 Å². The Balaban J connectivity index is 1.58. The van der Waals surface area contributed by atoms with E-state index in [1.54, 1.807) is 12.7 Å². The number of ether oxygens (including phenoxy) is 1. The van der Waals surface area contributed by atoms with Crippen LogP contribution in [-0.2, 0) is 6.54 Å². The molecule has 2 fully saturated rings. The molecular formula is C28H40N2O. The molecule has 2 unspecified atom stereocenters. The highest BCUT2D eigenvalue weighted by molar-refractivity contribution is 5.36. The van der Waals surface area contributed by atoms with Crippen molar-refractivity contribution in [3.8, 4) is 5.88 Å². The molecule has 1 aromatic carbocycles. The third-order valence-corrected chi connectivity index (χ3v) is 7.37. The molecule has 31 heavy (non-hydrogen) atoms. The number of benzene rings is 1. The number of rotatable bonds is 6. The highest BCUT2D eigenvalue weighted by Gasteiger charge is 2.38. The summed E-state index contributed by atoms with van der Waals surface area (Å²) in [4.78, 5) is 7.51. The molecule has 3 heteroatoms. The van der Waals surface area contributed by atoms with E-state index < -0.39 is 0 Å². The van der Waals surface area contributed by atoms with Gasteiger partial charge in [-0.2, -0.15) is 0 Å². The Morgan fingerprint density at radius 1 is 1.03 bits per heavy atom. The van der Waals surface area contributed by atoms with E-state index in [1.165, 1.54) is 30.4 Å². The number of piperidine rings is 1. The number of pyridine rings is 1. The monoisotopic (exact) mass is 420 g/mol. The molecule has 1 saturated heterocycles. The van der Waals surface area contributed by atoms with Crippen LogP contribution in [0.25, 0.3) is 0 Å². The van der Waals surface area contributed by atoms with Gasteiger partial charge in [0.1, 0.15) is 0 Å². The number of methoxy groups -OCH3 is 1. The van der Waals surface area contributed by atoms with Crippen molar-refractivity contribution in [1.29, 1.82) is 0 Å². The molecule has 4 rings (SSSR count). The molecule has 1 aliphatic heterocycles. The van der Waals surface area contributed by atoms with Crippen LogP contribution in [0.15, 0.2) is 36.4 Å². The molecule has 2 aromatic rings. The van der Waals surface area contributed by atoms with Gasteiger partial charge in [0.05, 0.1) is 12.8 Å². The number of likely N-dealkylation sites (tertiary alicyclic amines) is 1. The minimum Gasteiger partial charge on any atom is -0.481 e. The van der Waals surface area contributed by atoms with E-state index in [-0.39, 0.29) is 0 Å². The second-order valence-corrected chi connectivity index (χ2v) is 11.1. The average molecular weight is 421 g/mol. The Kier molecular flexibility index (Phi) is 6.44. The minimum absolute atomic E-state index is 0.300. The molecule has 0 radical (unpaired) electrons. The summed E-state index contributed by atoms with van der Waals surface area (Å²) >= 11 is 0. The van der Waals surface area contributed by atoms with E-state index >= 15 is 0 Å². The van der Waals surface area contributed by atoms with E-state index in [1.807, 2.05) is 0 Å². The summed E-state index contributed by atoms with van der Waals surface area (Å²) in [5.41, 5.74) is 5.79. The molecule has 0 spiro atoms. The fraction of sp³-hybridized carbons (Fsp3) is 0.607. The smallest absolute Gasteiger partial charge is 0.216 e. The first-order valence-corrected chi connectivity index (χ1v) is 12.1. The first-order chi connectivity index (χ1) is 14.8. The summed E-state index contributed by atoms with van der Waals surface area (Å²) in [5.74, 6) is 3.29. The number of nitrogens with zero attached hydrogens (tertiary/aromatic N) is 2. The van der Waals surface area contributed by atoms with Crippen LogP contribution in [0, 0.1) is 11.3 Å². The molecule has 0 bridgehead atoms. The van der Waals surface area contributed by atoms with Crippen LogP contribution in [-0.4, -0.2) is 30.1 Å². The maximum absolute atomic E-state index is 5.64. The molecule has 1 aliphatic carbocycles. The van der Waals surface area contributed by atoms with Gasteiger partial charge in [-0.3, -0.25) is 4.90 Å². The molecule has 2 aliphatic rings. The lowest BCUT2D eigenvalue weighted by atomic mass is 9.66. The van der Waals surface area contributed by atoms with Gasteiger partial charge >= 0.3 is 0 Å². The van der Waals surface area contributed by atoms with E-state index in [4.69, 9.17) is 9.72 Å².